The van der Waals surface area contributed by atoms with E-state index in [-0.39, 0.29) is 6.71 Å². The van der Waals surface area contributed by atoms with Gasteiger partial charge in [-0.05, 0) is 71.0 Å². The molecule has 0 saturated heterocycles. The smallest absolute Gasteiger partial charge is 0.252 e. The Bertz CT molecular complexity index is 2180. The van der Waals surface area contributed by atoms with E-state index in [0.29, 0.717) is 0 Å². The van der Waals surface area contributed by atoms with E-state index in [1.54, 1.807) is 0 Å². The van der Waals surface area contributed by atoms with Gasteiger partial charge in [0.2, 0.25) is 0 Å². The fourth-order valence-corrected chi connectivity index (χ4v) is 7.20. The van der Waals surface area contributed by atoms with Crippen molar-refractivity contribution in [2.45, 2.75) is 0 Å². The van der Waals surface area contributed by atoms with E-state index in [0.717, 1.165) is 33.9 Å². The first-order valence-electron chi connectivity index (χ1n) is 15.4. The molecular weight excluding hydrogens is 545 g/mol. The number of benzene rings is 6. The van der Waals surface area contributed by atoms with Crippen LogP contribution in [0.3, 0.4) is 0 Å². The Hall–Kier alpha value is -5.87. The van der Waals surface area contributed by atoms with Crippen LogP contribution in [-0.2, 0) is 0 Å². The topological polar surface area (TPSA) is 19.4 Å². The predicted molar refractivity (Wildman–Crippen MR) is 189 cm³/mol. The summed E-state index contributed by atoms with van der Waals surface area (Å²) in [5.41, 5.74) is 15.1. The highest BCUT2D eigenvalue weighted by atomic mass is 15.2. The highest BCUT2D eigenvalue weighted by Crippen LogP contribution is 2.46. The van der Waals surface area contributed by atoms with Gasteiger partial charge in [0.25, 0.3) is 6.71 Å². The third-order valence-corrected chi connectivity index (χ3v) is 9.04. The molecule has 2 aliphatic rings. The summed E-state index contributed by atoms with van der Waals surface area (Å²) < 4.78 is 0. The average molecular weight is 574 g/mol. The van der Waals surface area contributed by atoms with E-state index in [4.69, 9.17) is 4.98 Å². The molecule has 1 aromatic heterocycles. The van der Waals surface area contributed by atoms with Crippen LogP contribution >= 0.6 is 0 Å². The minimum atomic E-state index is 0.0691. The zero-order valence-electron chi connectivity index (χ0n) is 24.6. The van der Waals surface area contributed by atoms with Crippen molar-refractivity contribution in [1.29, 1.82) is 0 Å². The van der Waals surface area contributed by atoms with Gasteiger partial charge in [0.05, 0.1) is 17.1 Å². The van der Waals surface area contributed by atoms with Crippen molar-refractivity contribution in [2.24, 2.45) is 0 Å². The van der Waals surface area contributed by atoms with Gasteiger partial charge in [-0.25, -0.2) is 4.98 Å². The number of aromatic nitrogens is 1. The quantitative estimate of drug-likeness (QED) is 0.197. The second-order valence-electron chi connectivity index (χ2n) is 11.6. The van der Waals surface area contributed by atoms with Gasteiger partial charge < -0.3 is 9.80 Å². The summed E-state index contributed by atoms with van der Waals surface area (Å²) in [7, 11) is 0. The molecule has 0 unspecified atom stereocenters. The first-order chi connectivity index (χ1) is 22.4. The number of hydrogen-bond donors (Lipinski definition) is 0. The predicted octanol–water partition coefficient (Wildman–Crippen LogP) is 8.50. The molecule has 210 valence electrons. The Morgan fingerprint density at radius 1 is 0.400 bits per heavy atom. The summed E-state index contributed by atoms with van der Waals surface area (Å²) in [4.78, 5) is 10.1. The van der Waals surface area contributed by atoms with Crippen molar-refractivity contribution in [3.05, 3.63) is 170 Å². The van der Waals surface area contributed by atoms with Crippen LogP contribution in [0.1, 0.15) is 0 Å². The Morgan fingerprint density at radius 3 is 1.69 bits per heavy atom. The first kappa shape index (κ1) is 25.6. The zero-order valence-corrected chi connectivity index (χ0v) is 24.6. The van der Waals surface area contributed by atoms with Crippen LogP contribution in [0.25, 0.3) is 22.5 Å². The number of nitrogens with zero attached hydrogens (tertiary/aromatic N) is 3. The summed E-state index contributed by atoms with van der Waals surface area (Å²) in [5.74, 6) is 0. The van der Waals surface area contributed by atoms with Gasteiger partial charge in [-0.15, -0.1) is 0 Å². The van der Waals surface area contributed by atoms with Crippen molar-refractivity contribution in [2.75, 3.05) is 9.80 Å². The summed E-state index contributed by atoms with van der Waals surface area (Å²) >= 11 is 0. The number of rotatable bonds is 4. The van der Waals surface area contributed by atoms with E-state index in [9.17, 15) is 0 Å². The lowest BCUT2D eigenvalue weighted by Crippen LogP contribution is -2.61. The second kappa shape index (κ2) is 10.4. The summed E-state index contributed by atoms with van der Waals surface area (Å²) in [6.07, 6.45) is 0. The second-order valence-corrected chi connectivity index (χ2v) is 11.6. The number of pyridine rings is 1. The molecule has 0 saturated carbocycles. The zero-order chi connectivity index (χ0) is 29.7. The highest BCUT2D eigenvalue weighted by Gasteiger charge is 2.43. The van der Waals surface area contributed by atoms with Gasteiger partial charge in [-0.1, -0.05) is 115 Å². The van der Waals surface area contributed by atoms with Gasteiger partial charge in [-0.3, -0.25) is 0 Å². The monoisotopic (exact) mass is 573 g/mol. The molecule has 0 aliphatic carbocycles. The normalized spacial score (nSPS) is 12.8. The SMILES string of the molecule is c1ccc(-c2cccc(-c3cccc4c3N(c3ccccc3)c3cccc5c3B4c3ccccc3N5c3ccccc3)n2)cc1. The molecule has 0 atom stereocenters. The van der Waals surface area contributed by atoms with Crippen LogP contribution in [0.15, 0.2) is 170 Å². The van der Waals surface area contributed by atoms with Gasteiger partial charge in [0.1, 0.15) is 0 Å². The molecule has 0 amide bonds. The van der Waals surface area contributed by atoms with Crippen LogP contribution < -0.4 is 26.2 Å². The molecule has 2 aliphatic heterocycles. The van der Waals surface area contributed by atoms with E-state index < -0.39 is 0 Å². The standard InChI is InChI=1S/C41H28BN3/c1-4-15-29(16-5-1)35-24-13-25-36(43-35)32-21-12-23-34-41(32)45(31-19-8-3-9-20-31)39-28-14-27-38-40(39)42(34)33-22-10-11-26-37(33)44(38)30-17-6-2-7-18-30/h1-28H. The molecule has 6 aromatic carbocycles. The molecule has 3 heterocycles. The van der Waals surface area contributed by atoms with Crippen molar-refractivity contribution in [3.8, 4) is 22.5 Å². The molecule has 3 nitrogen and oxygen atoms in total. The third kappa shape index (κ3) is 4.03. The Morgan fingerprint density at radius 2 is 0.933 bits per heavy atom. The lowest BCUT2D eigenvalue weighted by molar-refractivity contribution is 1.24. The fourth-order valence-electron chi connectivity index (χ4n) is 7.20. The maximum Gasteiger partial charge on any atom is 0.252 e. The lowest BCUT2D eigenvalue weighted by Gasteiger charge is -2.44. The highest BCUT2D eigenvalue weighted by molar-refractivity contribution is 7.00. The Kier molecular flexibility index (Phi) is 5.92. The molecule has 45 heavy (non-hydrogen) atoms. The molecule has 0 bridgehead atoms. The van der Waals surface area contributed by atoms with Gasteiger partial charge in [-0.2, -0.15) is 0 Å². The molecule has 0 spiro atoms. The number of anilines is 6. The molecular formula is C41H28BN3. The van der Waals surface area contributed by atoms with Crippen molar-refractivity contribution in [1.82, 2.24) is 4.98 Å². The number of fused-ring (bicyclic) bond motifs is 4. The van der Waals surface area contributed by atoms with Gasteiger partial charge in [0, 0.05) is 39.6 Å². The van der Waals surface area contributed by atoms with Crippen molar-refractivity contribution in [3.63, 3.8) is 0 Å². The maximum absolute atomic E-state index is 5.25. The van der Waals surface area contributed by atoms with Crippen molar-refractivity contribution >= 4 is 57.2 Å². The molecule has 0 N–H and O–H groups in total. The molecule has 0 fully saturated rings. The number of hydrogen-bond acceptors (Lipinski definition) is 3. The fraction of sp³-hybridized carbons (Fsp3) is 0. The summed E-state index contributed by atoms with van der Waals surface area (Å²) in [5, 5.41) is 0. The van der Waals surface area contributed by atoms with E-state index >= 15 is 0 Å². The molecule has 9 rings (SSSR count). The number of para-hydroxylation sites is 4. The van der Waals surface area contributed by atoms with E-state index in [2.05, 4.69) is 174 Å². The minimum Gasteiger partial charge on any atom is -0.311 e. The lowest BCUT2D eigenvalue weighted by atomic mass is 9.33. The van der Waals surface area contributed by atoms with Crippen LogP contribution in [0.4, 0.5) is 34.1 Å². The largest absolute Gasteiger partial charge is 0.311 e. The van der Waals surface area contributed by atoms with Gasteiger partial charge >= 0.3 is 0 Å². The molecule has 4 heteroatoms. The Balaban J connectivity index is 1.34. The maximum atomic E-state index is 5.25. The van der Waals surface area contributed by atoms with E-state index in [1.807, 2.05) is 6.07 Å². The third-order valence-electron chi connectivity index (χ3n) is 9.04. The van der Waals surface area contributed by atoms with Crippen LogP contribution in [0, 0.1) is 0 Å². The molecule has 7 aromatic rings. The van der Waals surface area contributed by atoms with Crippen LogP contribution in [-0.4, -0.2) is 11.7 Å². The summed E-state index contributed by atoms with van der Waals surface area (Å²) in [6, 6.07) is 60.7. The summed E-state index contributed by atoms with van der Waals surface area (Å²) in [6.45, 7) is 0.0691. The minimum absolute atomic E-state index is 0.0691. The van der Waals surface area contributed by atoms with Crippen molar-refractivity contribution < 1.29 is 0 Å². The molecule has 0 radical (unpaired) electrons. The Labute approximate surface area is 263 Å². The van der Waals surface area contributed by atoms with Crippen LogP contribution in [0.2, 0.25) is 0 Å². The van der Waals surface area contributed by atoms with Crippen LogP contribution in [0.5, 0.6) is 0 Å². The first-order valence-corrected chi connectivity index (χ1v) is 15.4. The van der Waals surface area contributed by atoms with E-state index in [1.165, 1.54) is 39.1 Å². The average Bonchev–Trinajstić information content (AvgIpc) is 3.12. The van der Waals surface area contributed by atoms with Gasteiger partial charge in [0.15, 0.2) is 0 Å².